The summed E-state index contributed by atoms with van der Waals surface area (Å²) in [5.74, 6) is -0.193. The van der Waals surface area contributed by atoms with E-state index in [2.05, 4.69) is 5.43 Å². The first-order chi connectivity index (χ1) is 20.1. The number of carbonyl (C=O) groups is 2. The highest BCUT2D eigenvalue weighted by molar-refractivity contribution is 6.28. The third-order valence-corrected chi connectivity index (χ3v) is 10.5. The van der Waals surface area contributed by atoms with Gasteiger partial charge in [0.25, 0.3) is 5.91 Å². The van der Waals surface area contributed by atoms with Crippen LogP contribution in [0, 0.1) is 28.1 Å². The molecule has 3 atom stereocenters. The maximum absolute atomic E-state index is 13.2. The summed E-state index contributed by atoms with van der Waals surface area (Å²) in [6, 6.07) is 5.21. The number of nitrogens with two attached hydrogens (primary N) is 2. The van der Waals surface area contributed by atoms with Crippen LogP contribution in [0.25, 0.3) is 0 Å². The van der Waals surface area contributed by atoms with Gasteiger partial charge in [-0.3, -0.25) is 9.79 Å². The second-order valence-electron chi connectivity index (χ2n) is 14.3. The molecule has 12 heteroatoms. The average molecular weight is 599 g/mol. The number of nitrogens with one attached hydrogen (secondary N) is 1. The van der Waals surface area contributed by atoms with E-state index in [1.54, 1.807) is 17.3 Å². The molecule has 3 aliphatic carbocycles. The first-order valence-electron chi connectivity index (χ1n) is 14.8. The lowest BCUT2D eigenvalue weighted by Gasteiger charge is -2.52. The monoisotopic (exact) mass is 598 g/mol. The Morgan fingerprint density at radius 1 is 1.21 bits per heavy atom. The number of alkyl halides is 3. The lowest BCUT2D eigenvalue weighted by molar-refractivity contribution is -0.137. The van der Waals surface area contributed by atoms with Gasteiger partial charge in [-0.2, -0.15) is 13.2 Å². The van der Waals surface area contributed by atoms with Crippen LogP contribution >= 0.6 is 0 Å². The van der Waals surface area contributed by atoms with E-state index < -0.39 is 23.2 Å². The molecule has 9 nitrogen and oxygen atoms in total. The molecule has 2 amide bonds. The van der Waals surface area contributed by atoms with Gasteiger partial charge in [-0.15, -0.1) is 0 Å². The Kier molecular flexibility index (Phi) is 5.76. The van der Waals surface area contributed by atoms with Crippen molar-refractivity contribution in [2.75, 3.05) is 26.2 Å². The minimum Gasteiger partial charge on any atom is -0.444 e. The second kappa shape index (κ2) is 8.77. The summed E-state index contributed by atoms with van der Waals surface area (Å²) < 4.78 is 45.1. The Hall–Kier alpha value is -3.54. The van der Waals surface area contributed by atoms with Crippen molar-refractivity contribution in [2.24, 2.45) is 44.5 Å². The van der Waals surface area contributed by atoms with Gasteiger partial charge < -0.3 is 26.1 Å². The van der Waals surface area contributed by atoms with Crippen LogP contribution in [0.3, 0.4) is 0 Å². The molecule has 0 aromatic heterocycles. The number of halogens is 3. The molecule has 3 heterocycles. The molecule has 1 saturated heterocycles. The largest absolute Gasteiger partial charge is 0.444 e. The number of aliphatic imine (C=N–C) groups is 1. The first-order valence-corrected chi connectivity index (χ1v) is 14.8. The van der Waals surface area contributed by atoms with Gasteiger partial charge in [-0.1, -0.05) is 12.1 Å². The third-order valence-electron chi connectivity index (χ3n) is 10.5. The van der Waals surface area contributed by atoms with Gasteiger partial charge in [-0.05, 0) is 74.5 Å². The summed E-state index contributed by atoms with van der Waals surface area (Å²) in [6.07, 6.45) is 0.0702. The summed E-state index contributed by atoms with van der Waals surface area (Å²) in [6.45, 7) is 8.10. The Morgan fingerprint density at radius 2 is 1.95 bits per heavy atom. The van der Waals surface area contributed by atoms with Gasteiger partial charge in [0.2, 0.25) is 0 Å². The maximum atomic E-state index is 13.2. The van der Waals surface area contributed by atoms with Crippen molar-refractivity contribution in [3.8, 4) is 0 Å². The Morgan fingerprint density at radius 3 is 2.63 bits per heavy atom. The van der Waals surface area contributed by atoms with Crippen LogP contribution < -0.4 is 16.9 Å². The molecule has 4 fully saturated rings. The van der Waals surface area contributed by atoms with Gasteiger partial charge >= 0.3 is 12.3 Å². The highest BCUT2D eigenvalue weighted by atomic mass is 19.4. The fourth-order valence-electron chi connectivity index (χ4n) is 8.91. The van der Waals surface area contributed by atoms with Crippen LogP contribution in [-0.4, -0.2) is 59.4 Å². The van der Waals surface area contributed by atoms with Crippen molar-refractivity contribution in [1.82, 2.24) is 15.3 Å². The lowest BCUT2D eigenvalue weighted by atomic mass is 9.52. The fourth-order valence-corrected chi connectivity index (χ4v) is 8.91. The zero-order chi connectivity index (χ0) is 30.7. The first kappa shape index (κ1) is 28.2. The molecule has 5 N–H and O–H groups in total. The van der Waals surface area contributed by atoms with Crippen LogP contribution in [0.4, 0.5) is 18.0 Å². The van der Waals surface area contributed by atoms with E-state index in [9.17, 15) is 22.8 Å². The van der Waals surface area contributed by atoms with E-state index in [1.807, 2.05) is 25.7 Å². The average Bonchev–Trinajstić information content (AvgIpc) is 3.48. The molecule has 3 aliphatic heterocycles. The molecule has 0 bridgehead atoms. The summed E-state index contributed by atoms with van der Waals surface area (Å²) in [5.41, 5.74) is 17.1. The number of primary amides is 1. The molecule has 43 heavy (non-hydrogen) atoms. The number of ether oxygens (including phenoxy) is 1. The quantitative estimate of drug-likeness (QED) is 0.485. The number of allylic oxidation sites excluding steroid dienone is 1. The summed E-state index contributed by atoms with van der Waals surface area (Å²) in [5, 5.41) is 1.69. The maximum Gasteiger partial charge on any atom is 0.416 e. The number of hydrogen-bond acceptors (Lipinski definition) is 7. The molecule has 230 valence electrons. The predicted octanol–water partition coefficient (Wildman–Crippen LogP) is 3.72. The van der Waals surface area contributed by atoms with Crippen LogP contribution in [-0.2, 0) is 22.3 Å². The van der Waals surface area contributed by atoms with Gasteiger partial charge in [0.15, 0.2) is 0 Å². The molecule has 6 aliphatic rings. The number of carbonyl (C=O) groups excluding carboxylic acids is 2. The second-order valence-corrected chi connectivity index (χ2v) is 14.3. The van der Waals surface area contributed by atoms with Crippen molar-refractivity contribution in [3.05, 3.63) is 58.4 Å². The molecule has 7 rings (SSSR count). The topological polar surface area (TPSA) is 126 Å². The molecule has 3 spiro atoms. The zero-order valence-electron chi connectivity index (χ0n) is 24.6. The molecule has 0 radical (unpaired) electrons. The van der Waals surface area contributed by atoms with Crippen LogP contribution in [0.2, 0.25) is 0 Å². The number of fused-ring (bicyclic) bond motifs is 2. The smallest absolute Gasteiger partial charge is 0.416 e. The normalized spacial score (nSPS) is 34.4. The Labute approximate surface area is 248 Å². The number of rotatable bonds is 4. The minimum atomic E-state index is -4.42. The highest BCUT2D eigenvalue weighted by Crippen LogP contribution is 3.00. The fraction of sp³-hybridized carbons (Fsp3) is 0.581. The molecule has 3 saturated carbocycles. The van der Waals surface area contributed by atoms with E-state index in [4.69, 9.17) is 21.2 Å². The van der Waals surface area contributed by atoms with Gasteiger partial charge in [-0.25, -0.2) is 10.2 Å². The number of amides is 2. The minimum absolute atomic E-state index is 0.0631. The molecule has 1 aromatic rings. The highest BCUT2D eigenvalue weighted by Gasteiger charge is 2.98. The standard InChI is InChI=1S/C31H37F3N6O3/c1-27(2,3)43-26(42)39-8-7-28(16-39)13-29(14-28)24-21-22(35)20(25(36)41)23(37-15-30(21,24)29)18-10-38-40(12-18)11-17-5-4-6-19(9-17)31(32,33)34/h4-6,9,12,21,24,38H,7-8,10-11,13-16,35H2,1-3H3,(H2,36,41)/t21?,24-,28?,29?,30?/m1/s1. The number of hydrogen-bond donors (Lipinski definition) is 3. The van der Waals surface area contributed by atoms with Crippen molar-refractivity contribution in [2.45, 2.75) is 58.4 Å². The summed E-state index contributed by atoms with van der Waals surface area (Å²) in [7, 11) is 0. The Bertz CT molecular complexity index is 1520. The predicted molar refractivity (Wildman–Crippen MR) is 152 cm³/mol. The number of benzene rings is 1. The lowest BCUT2D eigenvalue weighted by Crippen LogP contribution is -2.49. The molecule has 1 aromatic carbocycles. The van der Waals surface area contributed by atoms with Crippen LogP contribution in [0.5, 0.6) is 0 Å². The third kappa shape index (κ3) is 4.19. The van der Waals surface area contributed by atoms with Crippen molar-refractivity contribution in [1.29, 1.82) is 0 Å². The molecular formula is C31H37F3N6O3. The number of hydrazine groups is 1. The van der Waals surface area contributed by atoms with Crippen LogP contribution in [0.15, 0.2) is 52.3 Å². The van der Waals surface area contributed by atoms with Crippen LogP contribution in [0.1, 0.15) is 51.2 Å². The zero-order valence-corrected chi connectivity index (χ0v) is 24.6. The van der Waals surface area contributed by atoms with Gasteiger partial charge in [0.05, 0.1) is 23.4 Å². The van der Waals surface area contributed by atoms with Crippen molar-refractivity contribution in [3.63, 3.8) is 0 Å². The van der Waals surface area contributed by atoms with E-state index in [0.717, 1.165) is 37.0 Å². The molecular weight excluding hydrogens is 561 g/mol. The number of likely N-dealkylation sites (tertiary alicyclic amines) is 1. The Balaban J connectivity index is 1.07. The molecule has 2 unspecified atom stereocenters. The van der Waals surface area contributed by atoms with Crippen molar-refractivity contribution < 1.29 is 27.5 Å². The SMILES string of the molecule is CC(C)(C)OC(=O)N1CCC2(C1)CC1(C2)[C@H]2C3C(N)=C(C(N)=O)C(C4=CN(Cc5cccc(C(F)(F)F)c5)NC4)=NCC321. The van der Waals surface area contributed by atoms with Gasteiger partial charge in [0, 0.05) is 55.0 Å². The van der Waals surface area contributed by atoms with Gasteiger partial charge in [0.1, 0.15) is 5.60 Å². The van der Waals surface area contributed by atoms with E-state index >= 15 is 0 Å². The van der Waals surface area contributed by atoms with E-state index in [1.165, 1.54) is 6.07 Å². The number of nitrogens with zero attached hydrogens (tertiary/aromatic N) is 3. The van der Waals surface area contributed by atoms with E-state index in [-0.39, 0.29) is 40.4 Å². The van der Waals surface area contributed by atoms with Crippen molar-refractivity contribution >= 4 is 17.7 Å². The summed E-state index contributed by atoms with van der Waals surface area (Å²) >= 11 is 0. The van der Waals surface area contributed by atoms with E-state index in [0.29, 0.717) is 49.1 Å². The summed E-state index contributed by atoms with van der Waals surface area (Å²) in [4.78, 5) is 32.2.